The largest absolute Gasteiger partial charge is 0.416 e. The van der Waals surface area contributed by atoms with Crippen LogP contribution < -0.4 is 5.32 Å². The number of amides is 1. The maximum absolute atomic E-state index is 12.6. The molecule has 0 radical (unpaired) electrons. The number of nitrogens with zero attached hydrogens (tertiary/aromatic N) is 1. The Hall–Kier alpha value is -2.04. The van der Waals surface area contributed by atoms with Gasteiger partial charge < -0.3 is 10.4 Å². The predicted molar refractivity (Wildman–Crippen MR) is 83.0 cm³/mol. The minimum absolute atomic E-state index is 0.0749. The summed E-state index contributed by atoms with van der Waals surface area (Å²) in [6.45, 7) is 1.65. The van der Waals surface area contributed by atoms with Gasteiger partial charge in [0.1, 0.15) is 0 Å². The molecule has 1 aromatic rings. The summed E-state index contributed by atoms with van der Waals surface area (Å²) in [5, 5.41) is 12.0. The normalized spacial score (nSPS) is 16.3. The van der Waals surface area contributed by atoms with Crippen molar-refractivity contribution in [3.05, 3.63) is 35.4 Å². The number of alkyl halides is 3. The molecule has 24 heavy (non-hydrogen) atoms. The number of piperidine rings is 1. The van der Waals surface area contributed by atoms with Crippen molar-refractivity contribution in [1.82, 2.24) is 10.2 Å². The van der Waals surface area contributed by atoms with Crippen LogP contribution in [0.25, 0.3) is 0 Å². The van der Waals surface area contributed by atoms with Gasteiger partial charge in [0.15, 0.2) is 0 Å². The Morgan fingerprint density at radius 1 is 1.33 bits per heavy atom. The molecule has 0 bridgehead atoms. The Balaban J connectivity index is 1.78. The molecule has 1 amide bonds. The first-order valence-corrected chi connectivity index (χ1v) is 7.68. The van der Waals surface area contributed by atoms with E-state index in [0.29, 0.717) is 25.9 Å². The zero-order chi connectivity index (χ0) is 17.6. The van der Waals surface area contributed by atoms with Crippen molar-refractivity contribution in [2.75, 3.05) is 26.2 Å². The monoisotopic (exact) mass is 340 g/mol. The van der Waals surface area contributed by atoms with Crippen LogP contribution in [0, 0.1) is 11.8 Å². The third-order valence-corrected chi connectivity index (χ3v) is 3.72. The predicted octanol–water partition coefficient (Wildman–Crippen LogP) is 1.63. The van der Waals surface area contributed by atoms with Crippen molar-refractivity contribution in [2.45, 2.75) is 25.1 Å². The molecule has 1 fully saturated rings. The Morgan fingerprint density at radius 2 is 2.04 bits per heavy atom. The SMILES string of the molecule is O=C(CN1CCC(O)CC1)NCC#Cc1cccc(C(F)(F)F)c1. The first kappa shape index (κ1) is 18.3. The van der Waals surface area contributed by atoms with Gasteiger partial charge in [0.2, 0.25) is 5.91 Å². The highest BCUT2D eigenvalue weighted by Crippen LogP contribution is 2.29. The summed E-state index contributed by atoms with van der Waals surface area (Å²) in [4.78, 5) is 13.7. The van der Waals surface area contributed by atoms with Gasteiger partial charge in [0.25, 0.3) is 0 Å². The van der Waals surface area contributed by atoms with Gasteiger partial charge >= 0.3 is 6.18 Å². The van der Waals surface area contributed by atoms with Crippen LogP contribution in [-0.2, 0) is 11.0 Å². The number of aliphatic hydroxyl groups excluding tert-OH is 1. The maximum Gasteiger partial charge on any atom is 0.416 e. The molecule has 0 spiro atoms. The molecule has 1 aromatic carbocycles. The molecule has 1 heterocycles. The van der Waals surface area contributed by atoms with E-state index in [9.17, 15) is 23.1 Å². The number of hydrogen-bond donors (Lipinski definition) is 2. The first-order valence-electron chi connectivity index (χ1n) is 7.68. The second-order valence-electron chi connectivity index (χ2n) is 5.66. The van der Waals surface area contributed by atoms with Crippen LogP contribution in [0.3, 0.4) is 0 Å². The van der Waals surface area contributed by atoms with Gasteiger partial charge in [-0.1, -0.05) is 17.9 Å². The van der Waals surface area contributed by atoms with Crippen LogP contribution in [0.1, 0.15) is 24.0 Å². The Bertz CT molecular complexity index is 627. The Morgan fingerprint density at radius 3 is 2.71 bits per heavy atom. The van der Waals surface area contributed by atoms with Gasteiger partial charge in [-0.05, 0) is 31.0 Å². The molecule has 0 unspecified atom stereocenters. The second-order valence-corrected chi connectivity index (χ2v) is 5.66. The minimum atomic E-state index is -4.39. The van der Waals surface area contributed by atoms with Gasteiger partial charge in [-0.3, -0.25) is 9.69 Å². The van der Waals surface area contributed by atoms with E-state index in [1.165, 1.54) is 12.1 Å². The number of hydrogen-bond acceptors (Lipinski definition) is 3. The fourth-order valence-electron chi connectivity index (χ4n) is 2.40. The number of carbonyl (C=O) groups is 1. The third kappa shape index (κ3) is 5.87. The lowest BCUT2D eigenvalue weighted by molar-refractivity contribution is -0.137. The number of likely N-dealkylation sites (tertiary alicyclic amines) is 1. The third-order valence-electron chi connectivity index (χ3n) is 3.72. The summed E-state index contributed by atoms with van der Waals surface area (Å²) in [6.07, 6.45) is -3.37. The summed E-state index contributed by atoms with van der Waals surface area (Å²) >= 11 is 0. The molecule has 0 saturated carbocycles. The van der Waals surface area contributed by atoms with Crippen molar-refractivity contribution in [2.24, 2.45) is 0 Å². The van der Waals surface area contributed by atoms with E-state index in [-0.39, 0.29) is 30.7 Å². The number of rotatable bonds is 3. The highest BCUT2D eigenvalue weighted by molar-refractivity contribution is 5.78. The number of nitrogens with one attached hydrogen (secondary N) is 1. The first-order chi connectivity index (χ1) is 11.3. The summed E-state index contributed by atoms with van der Waals surface area (Å²) in [6, 6.07) is 4.76. The lowest BCUT2D eigenvalue weighted by Gasteiger charge is -2.28. The van der Waals surface area contributed by atoms with E-state index < -0.39 is 11.7 Å². The standard InChI is InChI=1S/C17H19F3N2O2/c18-17(19,20)14-5-1-3-13(11-14)4-2-8-21-16(24)12-22-9-6-15(23)7-10-22/h1,3,5,11,15,23H,6-10,12H2,(H,21,24). The van der Waals surface area contributed by atoms with Crippen molar-refractivity contribution in [3.8, 4) is 11.8 Å². The van der Waals surface area contributed by atoms with Crippen molar-refractivity contribution in [3.63, 3.8) is 0 Å². The average Bonchev–Trinajstić information content (AvgIpc) is 2.53. The topological polar surface area (TPSA) is 52.6 Å². The number of carbonyl (C=O) groups excluding carboxylic acids is 1. The fraction of sp³-hybridized carbons (Fsp3) is 0.471. The van der Waals surface area contributed by atoms with Crippen LogP contribution in [0.2, 0.25) is 0 Å². The van der Waals surface area contributed by atoms with Crippen LogP contribution in [-0.4, -0.2) is 48.2 Å². The van der Waals surface area contributed by atoms with Crippen LogP contribution >= 0.6 is 0 Å². The van der Waals surface area contributed by atoms with Gasteiger partial charge in [-0.2, -0.15) is 13.2 Å². The molecule has 130 valence electrons. The van der Waals surface area contributed by atoms with E-state index in [0.717, 1.165) is 12.1 Å². The second kappa shape index (κ2) is 8.18. The zero-order valence-corrected chi connectivity index (χ0v) is 13.1. The lowest BCUT2D eigenvalue weighted by atomic mass is 10.1. The number of halogens is 3. The van der Waals surface area contributed by atoms with Crippen molar-refractivity contribution >= 4 is 5.91 Å². The smallest absolute Gasteiger partial charge is 0.393 e. The highest BCUT2D eigenvalue weighted by atomic mass is 19.4. The Kier molecular flexibility index (Phi) is 6.23. The van der Waals surface area contributed by atoms with Gasteiger partial charge in [-0.15, -0.1) is 0 Å². The molecule has 7 heteroatoms. The molecule has 0 atom stereocenters. The van der Waals surface area contributed by atoms with E-state index in [1.54, 1.807) is 0 Å². The fourth-order valence-corrected chi connectivity index (χ4v) is 2.40. The molecular weight excluding hydrogens is 321 g/mol. The average molecular weight is 340 g/mol. The van der Waals surface area contributed by atoms with E-state index in [2.05, 4.69) is 17.2 Å². The molecule has 2 N–H and O–H groups in total. The molecule has 2 rings (SSSR count). The van der Waals surface area contributed by atoms with Crippen LogP contribution in [0.15, 0.2) is 24.3 Å². The molecule has 1 aliphatic rings. The van der Waals surface area contributed by atoms with Gasteiger partial charge in [0.05, 0.1) is 24.8 Å². The molecule has 0 aromatic heterocycles. The lowest BCUT2D eigenvalue weighted by Crippen LogP contribution is -2.42. The quantitative estimate of drug-likeness (QED) is 0.823. The number of benzene rings is 1. The van der Waals surface area contributed by atoms with Crippen molar-refractivity contribution in [1.29, 1.82) is 0 Å². The van der Waals surface area contributed by atoms with Crippen LogP contribution in [0.5, 0.6) is 0 Å². The zero-order valence-electron chi connectivity index (χ0n) is 13.1. The summed E-state index contributed by atoms with van der Waals surface area (Å²) in [5.41, 5.74) is -0.491. The molecule has 0 aliphatic carbocycles. The minimum Gasteiger partial charge on any atom is -0.393 e. The van der Waals surface area contributed by atoms with Crippen LogP contribution in [0.4, 0.5) is 13.2 Å². The molecule has 1 aliphatic heterocycles. The van der Waals surface area contributed by atoms with E-state index >= 15 is 0 Å². The summed E-state index contributed by atoms with van der Waals surface area (Å²) in [5.74, 6) is 5.07. The van der Waals surface area contributed by atoms with E-state index in [1.807, 2.05) is 4.90 Å². The van der Waals surface area contributed by atoms with Gasteiger partial charge in [-0.25, -0.2) is 0 Å². The maximum atomic E-state index is 12.6. The molecule has 1 saturated heterocycles. The van der Waals surface area contributed by atoms with E-state index in [4.69, 9.17) is 0 Å². The summed E-state index contributed by atoms with van der Waals surface area (Å²) in [7, 11) is 0. The number of aliphatic hydroxyl groups is 1. The molecular formula is C17H19F3N2O2. The molecule has 4 nitrogen and oxygen atoms in total. The van der Waals surface area contributed by atoms with Gasteiger partial charge in [0, 0.05) is 18.7 Å². The Labute approximate surface area is 138 Å². The van der Waals surface area contributed by atoms with Crippen molar-refractivity contribution < 1.29 is 23.1 Å². The summed E-state index contributed by atoms with van der Waals surface area (Å²) < 4.78 is 37.8. The highest BCUT2D eigenvalue weighted by Gasteiger charge is 2.30.